The van der Waals surface area contributed by atoms with E-state index < -0.39 is 0 Å². The van der Waals surface area contributed by atoms with E-state index in [1.807, 2.05) is 0 Å². The van der Waals surface area contributed by atoms with Gasteiger partial charge in [-0.2, -0.15) is 0 Å². The van der Waals surface area contributed by atoms with Crippen LogP contribution in [0.4, 0.5) is 0 Å². The summed E-state index contributed by atoms with van der Waals surface area (Å²) < 4.78 is 0. The molecule has 3 heteroatoms. The maximum Gasteiger partial charge on any atom is 0.0224 e. The van der Waals surface area contributed by atoms with Crippen molar-refractivity contribution in [3.05, 3.63) is 0 Å². The summed E-state index contributed by atoms with van der Waals surface area (Å²) in [5.74, 6) is 0. The molecule has 2 heterocycles. The summed E-state index contributed by atoms with van der Waals surface area (Å²) in [5.41, 5.74) is 0. The minimum atomic E-state index is 0.886. The van der Waals surface area contributed by atoms with Gasteiger partial charge in [0.1, 0.15) is 0 Å². The van der Waals surface area contributed by atoms with Crippen molar-refractivity contribution < 1.29 is 0 Å². The first kappa shape index (κ1) is 13.3. The van der Waals surface area contributed by atoms with Crippen LogP contribution in [-0.2, 0) is 0 Å². The van der Waals surface area contributed by atoms with Crippen molar-refractivity contribution >= 4 is 0 Å². The summed E-state index contributed by atoms with van der Waals surface area (Å²) >= 11 is 0. The number of hydrogen-bond donors (Lipinski definition) is 0. The molecule has 2 aliphatic rings. The minimum Gasteiger partial charge on any atom is -0.304 e. The van der Waals surface area contributed by atoms with Gasteiger partial charge in [0.15, 0.2) is 0 Å². The fourth-order valence-corrected chi connectivity index (χ4v) is 3.32. The van der Waals surface area contributed by atoms with Gasteiger partial charge < -0.3 is 9.80 Å². The second-order valence-corrected chi connectivity index (χ2v) is 5.51. The third kappa shape index (κ3) is 3.67. The van der Waals surface area contributed by atoms with E-state index in [1.165, 1.54) is 71.6 Å². The largest absolute Gasteiger partial charge is 0.304 e. The summed E-state index contributed by atoms with van der Waals surface area (Å²) in [6, 6.07) is 0.886. The third-order valence-corrected chi connectivity index (χ3v) is 4.51. The molecule has 0 radical (unpaired) electrons. The highest BCUT2D eigenvalue weighted by atomic mass is 15.3. The van der Waals surface area contributed by atoms with Gasteiger partial charge in [0, 0.05) is 25.7 Å². The third-order valence-electron chi connectivity index (χ3n) is 4.51. The molecule has 2 aliphatic heterocycles. The first-order chi connectivity index (χ1) is 8.33. The molecule has 0 unspecified atom stereocenters. The monoisotopic (exact) mass is 239 g/mol. The van der Waals surface area contributed by atoms with Crippen molar-refractivity contribution in [3.8, 4) is 0 Å². The Balaban J connectivity index is 1.63. The van der Waals surface area contributed by atoms with Gasteiger partial charge >= 0.3 is 0 Å². The molecule has 0 aromatic rings. The van der Waals surface area contributed by atoms with Crippen LogP contribution in [0.1, 0.15) is 33.1 Å². The summed E-state index contributed by atoms with van der Waals surface area (Å²) in [4.78, 5) is 7.92. The molecule has 0 aliphatic carbocycles. The van der Waals surface area contributed by atoms with Crippen LogP contribution in [0.25, 0.3) is 0 Å². The van der Waals surface area contributed by atoms with E-state index >= 15 is 0 Å². The summed E-state index contributed by atoms with van der Waals surface area (Å²) in [5, 5.41) is 0. The van der Waals surface area contributed by atoms with Crippen LogP contribution in [0.5, 0.6) is 0 Å². The molecular formula is C14H29N3. The zero-order valence-electron chi connectivity index (χ0n) is 11.7. The van der Waals surface area contributed by atoms with Crippen LogP contribution in [0, 0.1) is 0 Å². The van der Waals surface area contributed by atoms with Gasteiger partial charge in [-0.05, 0) is 52.0 Å². The van der Waals surface area contributed by atoms with Gasteiger partial charge in [-0.25, -0.2) is 0 Å². The molecule has 100 valence electrons. The molecular weight excluding hydrogens is 210 g/mol. The Kier molecular flexibility index (Phi) is 5.26. The highest BCUT2D eigenvalue weighted by Crippen LogP contribution is 2.21. The predicted molar refractivity (Wildman–Crippen MR) is 73.4 cm³/mol. The highest BCUT2D eigenvalue weighted by Gasteiger charge is 2.29. The first-order valence-electron chi connectivity index (χ1n) is 7.52. The van der Waals surface area contributed by atoms with Crippen LogP contribution in [0.2, 0.25) is 0 Å². The second kappa shape index (κ2) is 6.72. The summed E-state index contributed by atoms with van der Waals surface area (Å²) in [6.07, 6.45) is 4.21. The molecule has 0 spiro atoms. The molecule has 2 fully saturated rings. The Morgan fingerprint density at radius 1 is 1.12 bits per heavy atom. The Morgan fingerprint density at radius 3 is 2.71 bits per heavy atom. The van der Waals surface area contributed by atoms with Crippen LogP contribution < -0.4 is 0 Å². The molecule has 2 rings (SSSR count). The van der Waals surface area contributed by atoms with Crippen LogP contribution >= 0.6 is 0 Å². The van der Waals surface area contributed by atoms with Crippen LogP contribution in [0.3, 0.4) is 0 Å². The lowest BCUT2D eigenvalue weighted by molar-refractivity contribution is 0.101. The quantitative estimate of drug-likeness (QED) is 0.695. The lowest BCUT2D eigenvalue weighted by Gasteiger charge is -2.37. The molecule has 0 aromatic carbocycles. The molecule has 1 atom stereocenters. The number of hydrogen-bond acceptors (Lipinski definition) is 3. The number of piperazine rings is 1. The molecule has 0 bridgehead atoms. The fraction of sp³-hybridized carbons (Fsp3) is 1.00. The fourth-order valence-electron chi connectivity index (χ4n) is 3.32. The van der Waals surface area contributed by atoms with Gasteiger partial charge in [0.2, 0.25) is 0 Å². The van der Waals surface area contributed by atoms with Crippen LogP contribution in [0.15, 0.2) is 0 Å². The first-order valence-corrected chi connectivity index (χ1v) is 7.52. The van der Waals surface area contributed by atoms with Gasteiger partial charge in [0.05, 0.1) is 0 Å². The number of fused-ring (bicyclic) bond motifs is 1. The Bertz CT molecular complexity index is 216. The lowest BCUT2D eigenvalue weighted by Crippen LogP contribution is -2.50. The van der Waals surface area contributed by atoms with E-state index in [0.29, 0.717) is 0 Å². The lowest BCUT2D eigenvalue weighted by atomic mass is 10.1. The highest BCUT2D eigenvalue weighted by molar-refractivity contribution is 4.86. The van der Waals surface area contributed by atoms with Crippen molar-refractivity contribution in [2.24, 2.45) is 0 Å². The van der Waals surface area contributed by atoms with E-state index in [4.69, 9.17) is 0 Å². The topological polar surface area (TPSA) is 9.72 Å². The van der Waals surface area contributed by atoms with Crippen molar-refractivity contribution in [2.45, 2.75) is 39.2 Å². The molecule has 0 amide bonds. The van der Waals surface area contributed by atoms with E-state index in [1.54, 1.807) is 0 Å². The van der Waals surface area contributed by atoms with E-state index in [-0.39, 0.29) is 0 Å². The Labute approximate surface area is 107 Å². The number of rotatable bonds is 6. The average molecular weight is 239 g/mol. The summed E-state index contributed by atoms with van der Waals surface area (Å²) in [6.45, 7) is 14.8. The second-order valence-electron chi connectivity index (χ2n) is 5.51. The van der Waals surface area contributed by atoms with Gasteiger partial charge in [0.25, 0.3) is 0 Å². The van der Waals surface area contributed by atoms with E-state index in [9.17, 15) is 0 Å². The van der Waals surface area contributed by atoms with Crippen molar-refractivity contribution in [1.29, 1.82) is 0 Å². The molecule has 3 nitrogen and oxygen atoms in total. The molecule has 0 N–H and O–H groups in total. The number of nitrogens with zero attached hydrogens (tertiary/aromatic N) is 3. The Hall–Kier alpha value is -0.120. The van der Waals surface area contributed by atoms with Gasteiger partial charge in [-0.1, -0.05) is 13.8 Å². The Morgan fingerprint density at radius 2 is 1.94 bits per heavy atom. The molecule has 2 saturated heterocycles. The smallest absolute Gasteiger partial charge is 0.0224 e. The zero-order valence-corrected chi connectivity index (χ0v) is 11.7. The molecule has 17 heavy (non-hydrogen) atoms. The normalized spacial score (nSPS) is 26.6. The average Bonchev–Trinajstić information content (AvgIpc) is 2.82. The van der Waals surface area contributed by atoms with Crippen molar-refractivity contribution in [3.63, 3.8) is 0 Å². The molecule has 0 aromatic heterocycles. The standard InChI is InChI=1S/C14H29N3/c1-3-15(4-2)8-6-9-16-11-12-17-10-5-7-14(17)13-16/h14H,3-13H2,1-2H3/t14-/m1/s1. The van der Waals surface area contributed by atoms with Gasteiger partial charge in [-0.3, -0.25) is 4.90 Å². The minimum absolute atomic E-state index is 0.886. The van der Waals surface area contributed by atoms with Crippen molar-refractivity contribution in [1.82, 2.24) is 14.7 Å². The van der Waals surface area contributed by atoms with E-state index in [0.717, 1.165) is 6.04 Å². The maximum atomic E-state index is 2.70. The SMILES string of the molecule is CCN(CC)CCCN1CCN2CCC[C@@H]2C1. The summed E-state index contributed by atoms with van der Waals surface area (Å²) in [7, 11) is 0. The van der Waals surface area contributed by atoms with E-state index in [2.05, 4.69) is 28.5 Å². The van der Waals surface area contributed by atoms with Crippen LogP contribution in [-0.4, -0.2) is 73.1 Å². The molecule has 0 saturated carbocycles. The van der Waals surface area contributed by atoms with Crippen molar-refractivity contribution in [2.75, 3.05) is 52.4 Å². The van der Waals surface area contributed by atoms with Gasteiger partial charge in [-0.15, -0.1) is 0 Å². The zero-order chi connectivity index (χ0) is 12.1. The predicted octanol–water partition coefficient (Wildman–Crippen LogP) is 1.50. The maximum absolute atomic E-state index is 2.70.